The number of nitrogens with zero attached hydrogens (tertiary/aromatic N) is 3. The van der Waals surface area contributed by atoms with E-state index in [1.165, 1.54) is 12.5 Å². The van der Waals surface area contributed by atoms with Gasteiger partial charge in [0.2, 0.25) is 0 Å². The fourth-order valence-corrected chi connectivity index (χ4v) is 4.73. The van der Waals surface area contributed by atoms with Crippen LogP contribution in [0.3, 0.4) is 0 Å². The lowest BCUT2D eigenvalue weighted by molar-refractivity contribution is -0.385. The smallest absolute Gasteiger partial charge is 0.273 e. The predicted molar refractivity (Wildman–Crippen MR) is 133 cm³/mol. The van der Waals surface area contributed by atoms with Crippen molar-refractivity contribution in [1.29, 1.82) is 0 Å². The molecule has 2 heterocycles. The Morgan fingerprint density at radius 2 is 1.71 bits per heavy atom. The summed E-state index contributed by atoms with van der Waals surface area (Å²) >= 11 is 0. The lowest BCUT2D eigenvalue weighted by Gasteiger charge is -2.34. The topological polar surface area (TPSA) is 95.8 Å². The highest BCUT2D eigenvalue weighted by molar-refractivity contribution is 6.06. The second kappa shape index (κ2) is 10.2. The molecule has 0 bridgehead atoms. The molecular formula is C26H32N4O4. The molecule has 8 nitrogen and oxygen atoms in total. The Morgan fingerprint density at radius 1 is 1.00 bits per heavy atom. The Balaban J connectivity index is 1.61. The van der Waals surface area contributed by atoms with Crippen molar-refractivity contribution in [2.45, 2.75) is 46.0 Å². The van der Waals surface area contributed by atoms with Crippen molar-refractivity contribution in [3.63, 3.8) is 0 Å². The van der Waals surface area contributed by atoms with Crippen molar-refractivity contribution in [2.75, 3.05) is 36.4 Å². The van der Waals surface area contributed by atoms with Gasteiger partial charge in [0, 0.05) is 54.7 Å². The van der Waals surface area contributed by atoms with Crippen LogP contribution in [0.2, 0.25) is 0 Å². The van der Waals surface area contributed by atoms with Gasteiger partial charge in [0.25, 0.3) is 17.5 Å². The molecule has 180 valence electrons. The number of benzene rings is 2. The van der Waals surface area contributed by atoms with E-state index in [9.17, 15) is 19.7 Å². The summed E-state index contributed by atoms with van der Waals surface area (Å²) in [5, 5.41) is 14.1. The zero-order chi connectivity index (χ0) is 24.2. The van der Waals surface area contributed by atoms with Gasteiger partial charge in [-0.2, -0.15) is 0 Å². The number of carbonyl (C=O) groups is 2. The summed E-state index contributed by atoms with van der Waals surface area (Å²) < 4.78 is 0. The number of nitrogens with one attached hydrogen (secondary N) is 1. The number of carbonyl (C=O) groups excluding carboxylic acids is 2. The maximum atomic E-state index is 13.5. The highest BCUT2D eigenvalue weighted by atomic mass is 16.6. The van der Waals surface area contributed by atoms with Crippen molar-refractivity contribution < 1.29 is 14.5 Å². The SMILES string of the molecule is Cc1ccc(C(=O)Nc2ccc(N3CCCCC3)c(C(=O)N3CCC(C)CC3)c2)cc1[N+](=O)[O-]. The maximum Gasteiger partial charge on any atom is 0.273 e. The molecule has 4 rings (SSSR count). The maximum absolute atomic E-state index is 13.5. The molecule has 34 heavy (non-hydrogen) atoms. The third kappa shape index (κ3) is 5.21. The Labute approximate surface area is 200 Å². The van der Waals surface area contributed by atoms with E-state index in [0.29, 0.717) is 22.7 Å². The van der Waals surface area contributed by atoms with Crippen LogP contribution in [-0.2, 0) is 0 Å². The number of rotatable bonds is 5. The molecule has 8 heteroatoms. The van der Waals surface area contributed by atoms with Gasteiger partial charge < -0.3 is 15.1 Å². The third-order valence-electron chi connectivity index (χ3n) is 6.92. The zero-order valence-electron chi connectivity index (χ0n) is 19.9. The molecule has 0 aromatic heterocycles. The average Bonchev–Trinajstić information content (AvgIpc) is 2.84. The Hall–Kier alpha value is -3.42. The van der Waals surface area contributed by atoms with E-state index in [0.717, 1.165) is 57.5 Å². The van der Waals surface area contributed by atoms with Crippen LogP contribution in [0.1, 0.15) is 65.3 Å². The lowest BCUT2D eigenvalue weighted by atomic mass is 9.98. The molecule has 0 radical (unpaired) electrons. The lowest BCUT2D eigenvalue weighted by Crippen LogP contribution is -2.39. The van der Waals surface area contributed by atoms with E-state index in [4.69, 9.17) is 0 Å². The van der Waals surface area contributed by atoms with Gasteiger partial charge in [0.15, 0.2) is 0 Å². The minimum Gasteiger partial charge on any atom is -0.371 e. The van der Waals surface area contributed by atoms with Gasteiger partial charge in [-0.3, -0.25) is 19.7 Å². The molecule has 0 saturated carbocycles. The summed E-state index contributed by atoms with van der Waals surface area (Å²) in [5.74, 6) is 0.170. The van der Waals surface area contributed by atoms with Gasteiger partial charge in [-0.1, -0.05) is 13.0 Å². The number of anilines is 2. The van der Waals surface area contributed by atoms with E-state index in [2.05, 4.69) is 17.1 Å². The highest BCUT2D eigenvalue weighted by Gasteiger charge is 2.26. The molecular weight excluding hydrogens is 432 g/mol. The van der Waals surface area contributed by atoms with Crippen LogP contribution in [0.5, 0.6) is 0 Å². The summed E-state index contributed by atoms with van der Waals surface area (Å²) in [6.07, 6.45) is 5.38. The third-order valence-corrected chi connectivity index (χ3v) is 6.92. The van der Waals surface area contributed by atoms with Crippen LogP contribution in [0.4, 0.5) is 17.1 Å². The van der Waals surface area contributed by atoms with Crippen molar-refractivity contribution in [2.24, 2.45) is 5.92 Å². The molecule has 0 aliphatic carbocycles. The molecule has 0 spiro atoms. The summed E-state index contributed by atoms with van der Waals surface area (Å²) in [7, 11) is 0. The van der Waals surface area contributed by atoms with Crippen LogP contribution in [-0.4, -0.2) is 47.8 Å². The summed E-state index contributed by atoms with van der Waals surface area (Å²) in [5.41, 5.74) is 2.62. The fourth-order valence-electron chi connectivity index (χ4n) is 4.73. The van der Waals surface area contributed by atoms with Crippen molar-refractivity contribution in [1.82, 2.24) is 4.90 Å². The number of aryl methyl sites for hydroxylation is 1. The molecule has 2 saturated heterocycles. The monoisotopic (exact) mass is 464 g/mol. The molecule has 2 fully saturated rings. The summed E-state index contributed by atoms with van der Waals surface area (Å²) in [6.45, 7) is 7.16. The first-order valence-electron chi connectivity index (χ1n) is 12.1. The predicted octanol–water partition coefficient (Wildman–Crippen LogP) is 5.02. The summed E-state index contributed by atoms with van der Waals surface area (Å²) in [6, 6.07) is 9.90. The van der Waals surface area contributed by atoms with Crippen LogP contribution in [0.25, 0.3) is 0 Å². The van der Waals surface area contributed by atoms with Crippen molar-refractivity contribution in [3.05, 3.63) is 63.2 Å². The molecule has 2 amide bonds. The molecule has 0 atom stereocenters. The Kier molecular flexibility index (Phi) is 7.14. The largest absolute Gasteiger partial charge is 0.371 e. The second-order valence-corrected chi connectivity index (χ2v) is 9.47. The van der Waals surface area contributed by atoms with E-state index in [1.54, 1.807) is 31.2 Å². The molecule has 2 aromatic rings. The van der Waals surface area contributed by atoms with Crippen LogP contribution in [0.15, 0.2) is 36.4 Å². The highest BCUT2D eigenvalue weighted by Crippen LogP contribution is 2.30. The van der Waals surface area contributed by atoms with E-state index >= 15 is 0 Å². The number of piperidine rings is 2. The van der Waals surface area contributed by atoms with Crippen molar-refractivity contribution >= 4 is 28.9 Å². The standard InChI is InChI=1S/C26H32N4O4/c1-18-10-14-29(15-11-18)26(32)22-17-21(8-9-23(22)28-12-4-3-5-13-28)27-25(31)20-7-6-19(2)24(16-20)30(33)34/h6-9,16-18H,3-5,10-15H2,1-2H3,(H,27,31). The number of hydrogen-bond acceptors (Lipinski definition) is 5. The molecule has 2 aromatic carbocycles. The quantitative estimate of drug-likeness (QED) is 0.495. The molecule has 2 aliphatic heterocycles. The van der Waals surface area contributed by atoms with Crippen molar-refractivity contribution in [3.8, 4) is 0 Å². The molecule has 0 unspecified atom stereocenters. The van der Waals surface area contributed by atoms with Gasteiger partial charge in [-0.25, -0.2) is 0 Å². The van der Waals surface area contributed by atoms with Gasteiger partial charge >= 0.3 is 0 Å². The number of nitro groups is 1. The number of likely N-dealkylation sites (tertiary alicyclic amines) is 1. The first-order valence-corrected chi connectivity index (χ1v) is 12.1. The summed E-state index contributed by atoms with van der Waals surface area (Å²) in [4.78, 5) is 41.4. The number of nitro benzene ring substituents is 1. The van der Waals surface area contributed by atoms with Gasteiger partial charge in [0.1, 0.15) is 0 Å². The normalized spacial score (nSPS) is 16.9. The minimum absolute atomic E-state index is 0.00505. The van der Waals surface area contributed by atoms with Crippen LogP contribution in [0, 0.1) is 23.0 Å². The first kappa shape index (κ1) is 23.7. The second-order valence-electron chi connectivity index (χ2n) is 9.47. The van der Waals surface area contributed by atoms with Gasteiger partial charge in [-0.15, -0.1) is 0 Å². The fraction of sp³-hybridized carbons (Fsp3) is 0.462. The minimum atomic E-state index is -0.490. The van der Waals surface area contributed by atoms with E-state index in [-0.39, 0.29) is 17.2 Å². The molecule has 1 N–H and O–H groups in total. The Morgan fingerprint density at radius 3 is 2.38 bits per heavy atom. The van der Waals surface area contributed by atoms with Gasteiger partial charge in [0.05, 0.1) is 10.5 Å². The van der Waals surface area contributed by atoms with Gasteiger partial charge in [-0.05, 0) is 69.2 Å². The van der Waals surface area contributed by atoms with E-state index < -0.39 is 10.8 Å². The first-order chi connectivity index (χ1) is 16.3. The average molecular weight is 465 g/mol. The number of amides is 2. The Bertz CT molecular complexity index is 1090. The number of hydrogen-bond donors (Lipinski definition) is 1. The zero-order valence-corrected chi connectivity index (χ0v) is 19.9. The van der Waals surface area contributed by atoms with Crippen LogP contribution >= 0.6 is 0 Å². The van der Waals surface area contributed by atoms with Crippen LogP contribution < -0.4 is 10.2 Å². The van der Waals surface area contributed by atoms with E-state index in [1.807, 2.05) is 11.0 Å². The molecule has 2 aliphatic rings.